The van der Waals surface area contributed by atoms with Gasteiger partial charge in [0.25, 0.3) is 5.91 Å². The lowest BCUT2D eigenvalue weighted by Gasteiger charge is -2.17. The van der Waals surface area contributed by atoms with Crippen molar-refractivity contribution in [3.8, 4) is 0 Å². The third-order valence-electron chi connectivity index (χ3n) is 3.53. The number of urea groups is 1. The molecule has 21 heavy (non-hydrogen) atoms. The zero-order valence-corrected chi connectivity index (χ0v) is 11.4. The zero-order valence-electron chi connectivity index (χ0n) is 11.4. The Kier molecular flexibility index (Phi) is 3.31. The van der Waals surface area contributed by atoms with Gasteiger partial charge in [0.1, 0.15) is 0 Å². The minimum Gasteiger partial charge on any atom is -0.351 e. The van der Waals surface area contributed by atoms with Crippen LogP contribution in [0.15, 0.2) is 48.5 Å². The molecule has 0 saturated carbocycles. The third-order valence-corrected chi connectivity index (χ3v) is 3.53. The fourth-order valence-corrected chi connectivity index (χ4v) is 2.54. The van der Waals surface area contributed by atoms with E-state index in [1.807, 2.05) is 24.3 Å². The lowest BCUT2D eigenvalue weighted by Crippen LogP contribution is -2.28. The van der Waals surface area contributed by atoms with Crippen molar-refractivity contribution in [2.45, 2.75) is 6.42 Å². The van der Waals surface area contributed by atoms with Crippen molar-refractivity contribution in [3.05, 3.63) is 59.7 Å². The van der Waals surface area contributed by atoms with Crippen LogP contribution < -0.4 is 16.0 Å². The Morgan fingerprint density at radius 1 is 1.05 bits per heavy atom. The van der Waals surface area contributed by atoms with Crippen molar-refractivity contribution < 1.29 is 9.59 Å². The number of nitrogens with two attached hydrogens (primary N) is 1. The second-order valence-corrected chi connectivity index (χ2v) is 4.90. The largest absolute Gasteiger partial charge is 0.351 e. The van der Waals surface area contributed by atoms with E-state index in [4.69, 9.17) is 5.73 Å². The molecule has 0 atom stereocenters. The zero-order chi connectivity index (χ0) is 14.8. The Bertz CT molecular complexity index is 695. The Morgan fingerprint density at radius 2 is 1.76 bits per heavy atom. The molecule has 1 heterocycles. The molecule has 106 valence electrons. The van der Waals surface area contributed by atoms with Crippen LogP contribution in [0.3, 0.4) is 0 Å². The Balaban J connectivity index is 1.82. The second-order valence-electron chi connectivity index (χ2n) is 4.90. The SMILES string of the molecule is NC(=O)Nc1ccc(C(=O)N2CCc3ccccc32)cc1. The van der Waals surface area contributed by atoms with E-state index in [0.717, 1.165) is 12.1 Å². The fraction of sp³-hybridized carbons (Fsp3) is 0.125. The van der Waals surface area contributed by atoms with E-state index in [1.54, 1.807) is 29.2 Å². The summed E-state index contributed by atoms with van der Waals surface area (Å²) in [4.78, 5) is 25.1. The van der Waals surface area contributed by atoms with E-state index in [1.165, 1.54) is 5.56 Å². The first-order valence-electron chi connectivity index (χ1n) is 6.71. The van der Waals surface area contributed by atoms with Gasteiger partial charge in [-0.2, -0.15) is 0 Å². The number of anilines is 2. The van der Waals surface area contributed by atoms with Gasteiger partial charge in [0, 0.05) is 23.5 Å². The highest BCUT2D eigenvalue weighted by molar-refractivity contribution is 6.07. The smallest absolute Gasteiger partial charge is 0.316 e. The maximum Gasteiger partial charge on any atom is 0.316 e. The van der Waals surface area contributed by atoms with Crippen LogP contribution in [0.4, 0.5) is 16.2 Å². The highest BCUT2D eigenvalue weighted by Gasteiger charge is 2.24. The molecule has 3 amide bonds. The molecule has 5 heteroatoms. The van der Waals surface area contributed by atoms with Gasteiger partial charge in [0.15, 0.2) is 0 Å². The molecule has 0 saturated heterocycles. The lowest BCUT2D eigenvalue weighted by molar-refractivity contribution is 0.0989. The number of carbonyl (C=O) groups is 2. The van der Waals surface area contributed by atoms with Crippen LogP contribution in [-0.2, 0) is 6.42 Å². The summed E-state index contributed by atoms with van der Waals surface area (Å²) in [6.07, 6.45) is 0.878. The third kappa shape index (κ3) is 2.58. The number of primary amides is 1. The fourth-order valence-electron chi connectivity index (χ4n) is 2.54. The van der Waals surface area contributed by atoms with Gasteiger partial charge in [-0.25, -0.2) is 4.79 Å². The molecule has 0 spiro atoms. The molecule has 1 aliphatic rings. The molecule has 5 nitrogen and oxygen atoms in total. The van der Waals surface area contributed by atoms with Gasteiger partial charge in [-0.3, -0.25) is 4.79 Å². The van der Waals surface area contributed by atoms with Crippen LogP contribution in [0.1, 0.15) is 15.9 Å². The van der Waals surface area contributed by atoms with E-state index >= 15 is 0 Å². The van der Waals surface area contributed by atoms with Gasteiger partial charge in [0.05, 0.1) is 0 Å². The number of carbonyl (C=O) groups excluding carboxylic acids is 2. The molecule has 0 aromatic heterocycles. The van der Waals surface area contributed by atoms with Crippen molar-refractivity contribution in [1.82, 2.24) is 0 Å². The average molecular weight is 281 g/mol. The monoisotopic (exact) mass is 281 g/mol. The minimum atomic E-state index is -0.623. The van der Waals surface area contributed by atoms with Gasteiger partial charge in [-0.15, -0.1) is 0 Å². The van der Waals surface area contributed by atoms with Gasteiger partial charge in [-0.05, 0) is 42.3 Å². The van der Waals surface area contributed by atoms with Crippen molar-refractivity contribution in [2.24, 2.45) is 5.73 Å². The van der Waals surface area contributed by atoms with Crippen molar-refractivity contribution in [3.63, 3.8) is 0 Å². The van der Waals surface area contributed by atoms with E-state index in [-0.39, 0.29) is 5.91 Å². The number of rotatable bonds is 2. The summed E-state index contributed by atoms with van der Waals surface area (Å²) in [6, 6.07) is 14.0. The summed E-state index contributed by atoms with van der Waals surface area (Å²) in [5.74, 6) is -0.0365. The highest BCUT2D eigenvalue weighted by Crippen LogP contribution is 2.28. The van der Waals surface area contributed by atoms with Crippen LogP contribution >= 0.6 is 0 Å². The molecular formula is C16H15N3O2. The summed E-state index contributed by atoms with van der Waals surface area (Å²) in [6.45, 7) is 0.694. The number of nitrogens with one attached hydrogen (secondary N) is 1. The second kappa shape index (κ2) is 5.28. The summed E-state index contributed by atoms with van der Waals surface area (Å²) < 4.78 is 0. The van der Waals surface area contributed by atoms with Crippen LogP contribution in [0.25, 0.3) is 0 Å². The number of fused-ring (bicyclic) bond motifs is 1. The number of nitrogens with zero attached hydrogens (tertiary/aromatic N) is 1. The molecule has 0 bridgehead atoms. The molecular weight excluding hydrogens is 266 g/mol. The minimum absolute atomic E-state index is 0.0365. The van der Waals surface area contributed by atoms with Crippen LogP contribution in [0.2, 0.25) is 0 Å². The number of amides is 3. The maximum absolute atomic E-state index is 12.6. The quantitative estimate of drug-likeness (QED) is 0.886. The van der Waals surface area contributed by atoms with Crippen LogP contribution in [0.5, 0.6) is 0 Å². The predicted octanol–water partition coefficient (Wildman–Crippen LogP) is 2.38. The Morgan fingerprint density at radius 3 is 2.48 bits per heavy atom. The van der Waals surface area contributed by atoms with Gasteiger partial charge in [-0.1, -0.05) is 18.2 Å². The first kappa shape index (κ1) is 13.2. The molecule has 3 rings (SSSR count). The predicted molar refractivity (Wildman–Crippen MR) is 81.5 cm³/mol. The molecule has 0 aliphatic carbocycles. The molecule has 0 fully saturated rings. The average Bonchev–Trinajstić information content (AvgIpc) is 2.90. The van der Waals surface area contributed by atoms with E-state index < -0.39 is 6.03 Å². The summed E-state index contributed by atoms with van der Waals surface area (Å²) >= 11 is 0. The topological polar surface area (TPSA) is 75.4 Å². The van der Waals surface area contributed by atoms with E-state index in [9.17, 15) is 9.59 Å². The first-order chi connectivity index (χ1) is 10.1. The van der Waals surface area contributed by atoms with Crippen molar-refractivity contribution >= 4 is 23.3 Å². The Labute approximate surface area is 122 Å². The molecule has 3 N–H and O–H groups in total. The molecule has 0 radical (unpaired) electrons. The van der Waals surface area contributed by atoms with Gasteiger partial charge < -0.3 is 16.0 Å². The van der Waals surface area contributed by atoms with Crippen molar-refractivity contribution in [2.75, 3.05) is 16.8 Å². The van der Waals surface area contributed by atoms with Crippen molar-refractivity contribution in [1.29, 1.82) is 0 Å². The molecule has 0 unspecified atom stereocenters. The molecule has 2 aromatic carbocycles. The standard InChI is InChI=1S/C16H15N3O2/c17-16(21)18-13-7-5-12(6-8-13)15(20)19-10-9-11-3-1-2-4-14(11)19/h1-8H,9-10H2,(H3,17,18,21). The normalized spacial score (nSPS) is 12.9. The number of benzene rings is 2. The van der Waals surface area contributed by atoms with Gasteiger partial charge in [0.2, 0.25) is 0 Å². The summed E-state index contributed by atoms with van der Waals surface area (Å²) in [7, 11) is 0. The summed E-state index contributed by atoms with van der Waals surface area (Å²) in [5.41, 5.74) is 8.37. The maximum atomic E-state index is 12.6. The van der Waals surface area contributed by atoms with E-state index in [2.05, 4.69) is 5.32 Å². The first-order valence-corrected chi connectivity index (χ1v) is 6.71. The lowest BCUT2D eigenvalue weighted by atomic mass is 10.1. The van der Waals surface area contributed by atoms with Crippen LogP contribution in [-0.4, -0.2) is 18.5 Å². The van der Waals surface area contributed by atoms with Crippen LogP contribution in [0, 0.1) is 0 Å². The number of para-hydroxylation sites is 1. The molecule has 2 aromatic rings. The van der Waals surface area contributed by atoms with Gasteiger partial charge >= 0.3 is 6.03 Å². The summed E-state index contributed by atoms with van der Waals surface area (Å²) in [5, 5.41) is 2.47. The van der Waals surface area contributed by atoms with E-state index in [0.29, 0.717) is 17.8 Å². The number of hydrogen-bond acceptors (Lipinski definition) is 2. The molecule has 1 aliphatic heterocycles. The Hall–Kier alpha value is -2.82. The number of hydrogen-bond donors (Lipinski definition) is 2. The highest BCUT2D eigenvalue weighted by atomic mass is 16.2.